The smallest absolute Gasteiger partial charge is 0.172 e. The molecule has 2 aromatic rings. The summed E-state index contributed by atoms with van der Waals surface area (Å²) in [6.45, 7) is 1.13. The van der Waals surface area contributed by atoms with Crippen molar-refractivity contribution < 1.29 is 13.9 Å². The molecule has 0 bridgehead atoms. The van der Waals surface area contributed by atoms with E-state index in [1.807, 2.05) is 0 Å². The number of aldehydes is 1. The molecule has 5 nitrogen and oxygen atoms in total. The number of rotatable bonds is 4. The van der Waals surface area contributed by atoms with E-state index in [0.717, 1.165) is 18.4 Å². The molecule has 0 spiro atoms. The molecule has 1 aliphatic heterocycles. The molecule has 0 amide bonds. The summed E-state index contributed by atoms with van der Waals surface area (Å²) in [6, 6.07) is 6.19. The van der Waals surface area contributed by atoms with Crippen LogP contribution < -0.4 is 0 Å². The number of carbonyl (C=O) groups excluding carboxylic acids is 1. The van der Waals surface area contributed by atoms with Crippen molar-refractivity contribution in [2.24, 2.45) is 0 Å². The molecule has 1 aliphatic rings. The van der Waals surface area contributed by atoms with E-state index in [1.165, 1.54) is 12.1 Å². The number of aromatic nitrogens is 3. The van der Waals surface area contributed by atoms with E-state index in [1.54, 1.807) is 16.8 Å². The lowest BCUT2D eigenvalue weighted by molar-refractivity contribution is 0.101. The van der Waals surface area contributed by atoms with Crippen LogP contribution in [0.15, 0.2) is 24.3 Å². The largest absolute Gasteiger partial charge is 0.372 e. The van der Waals surface area contributed by atoms with Crippen molar-refractivity contribution in [3.05, 3.63) is 47.0 Å². The second-order valence-electron chi connectivity index (χ2n) is 4.76. The summed E-state index contributed by atoms with van der Waals surface area (Å²) in [5.74, 6) is -0.278. The number of nitrogens with zero attached hydrogens (tertiary/aromatic N) is 3. The molecule has 3 rings (SSSR count). The summed E-state index contributed by atoms with van der Waals surface area (Å²) in [4.78, 5) is 11.1. The van der Waals surface area contributed by atoms with Gasteiger partial charge < -0.3 is 4.74 Å². The minimum absolute atomic E-state index is 0.134. The zero-order valence-corrected chi connectivity index (χ0v) is 10.8. The number of ether oxygens (including phenoxy) is 1. The first kappa shape index (κ1) is 12.9. The van der Waals surface area contributed by atoms with Crippen LogP contribution in [0.3, 0.4) is 0 Å². The summed E-state index contributed by atoms with van der Waals surface area (Å²) in [7, 11) is 0. The Labute approximate surface area is 115 Å². The summed E-state index contributed by atoms with van der Waals surface area (Å²) >= 11 is 0. The molecule has 0 radical (unpaired) electrons. The van der Waals surface area contributed by atoms with Crippen LogP contribution in [0.4, 0.5) is 4.39 Å². The highest BCUT2D eigenvalue weighted by Gasteiger charge is 2.26. The zero-order valence-electron chi connectivity index (χ0n) is 10.8. The Kier molecular flexibility index (Phi) is 3.56. The van der Waals surface area contributed by atoms with Crippen molar-refractivity contribution in [2.45, 2.75) is 25.5 Å². The Hall–Kier alpha value is -2.08. The van der Waals surface area contributed by atoms with Gasteiger partial charge in [0.25, 0.3) is 0 Å². The third-order valence-corrected chi connectivity index (χ3v) is 3.39. The third kappa shape index (κ3) is 2.46. The van der Waals surface area contributed by atoms with Crippen molar-refractivity contribution in [2.75, 3.05) is 6.61 Å². The molecule has 1 fully saturated rings. The van der Waals surface area contributed by atoms with Gasteiger partial charge >= 0.3 is 0 Å². The highest BCUT2D eigenvalue weighted by Crippen LogP contribution is 2.29. The van der Waals surface area contributed by atoms with Gasteiger partial charge in [0.1, 0.15) is 11.9 Å². The van der Waals surface area contributed by atoms with Gasteiger partial charge in [-0.15, -0.1) is 5.10 Å². The highest BCUT2D eigenvalue weighted by atomic mass is 19.1. The number of benzene rings is 1. The van der Waals surface area contributed by atoms with Gasteiger partial charge in [0.05, 0.1) is 12.2 Å². The Bertz CT molecular complexity index is 603. The number of carbonyl (C=O) groups is 1. The van der Waals surface area contributed by atoms with Gasteiger partial charge in [0.2, 0.25) is 0 Å². The SMILES string of the molecule is O=Cc1nnn(Cc2ccc(F)cc2)c1C1CCCO1. The van der Waals surface area contributed by atoms with Crippen LogP contribution >= 0.6 is 0 Å². The summed E-state index contributed by atoms with van der Waals surface area (Å²) in [5, 5.41) is 7.89. The standard InChI is InChI=1S/C14H14FN3O2/c15-11-5-3-10(4-6-11)8-18-14(12(9-19)16-17-18)13-2-1-7-20-13/h3-6,9,13H,1-2,7-8H2. The molecule has 0 aliphatic carbocycles. The number of hydrogen-bond donors (Lipinski definition) is 0. The molecular formula is C14H14FN3O2. The molecule has 1 aromatic carbocycles. The minimum atomic E-state index is -0.278. The topological polar surface area (TPSA) is 57.0 Å². The molecule has 20 heavy (non-hydrogen) atoms. The summed E-state index contributed by atoms with van der Waals surface area (Å²) < 4.78 is 20.2. The highest BCUT2D eigenvalue weighted by molar-refractivity contribution is 5.73. The van der Waals surface area contributed by atoms with Crippen LogP contribution in [-0.2, 0) is 11.3 Å². The van der Waals surface area contributed by atoms with Gasteiger partial charge in [-0.3, -0.25) is 4.79 Å². The van der Waals surface area contributed by atoms with Gasteiger partial charge in [-0.05, 0) is 30.5 Å². The van der Waals surface area contributed by atoms with Gasteiger partial charge in [0, 0.05) is 6.61 Å². The van der Waals surface area contributed by atoms with Crippen LogP contribution in [0.25, 0.3) is 0 Å². The van der Waals surface area contributed by atoms with Gasteiger partial charge in [0.15, 0.2) is 12.0 Å². The fourth-order valence-corrected chi connectivity index (χ4v) is 2.42. The van der Waals surface area contributed by atoms with Gasteiger partial charge in [-0.2, -0.15) is 0 Å². The molecule has 1 aromatic heterocycles. The summed E-state index contributed by atoms with van der Waals surface area (Å²) in [6.07, 6.45) is 2.39. The molecule has 6 heteroatoms. The first-order valence-electron chi connectivity index (χ1n) is 6.52. The van der Waals surface area contributed by atoms with E-state index in [9.17, 15) is 9.18 Å². The second-order valence-corrected chi connectivity index (χ2v) is 4.76. The first-order chi connectivity index (χ1) is 9.78. The molecule has 1 unspecified atom stereocenters. The van der Waals surface area contributed by atoms with Crippen molar-refractivity contribution in [3.63, 3.8) is 0 Å². The normalized spacial score (nSPS) is 18.4. The average Bonchev–Trinajstić information content (AvgIpc) is 3.10. The van der Waals surface area contributed by atoms with Crippen molar-refractivity contribution in [1.29, 1.82) is 0 Å². The van der Waals surface area contributed by atoms with Crippen molar-refractivity contribution in [1.82, 2.24) is 15.0 Å². The fraction of sp³-hybridized carbons (Fsp3) is 0.357. The van der Waals surface area contributed by atoms with E-state index >= 15 is 0 Å². The Balaban J connectivity index is 1.90. The first-order valence-corrected chi connectivity index (χ1v) is 6.52. The monoisotopic (exact) mass is 275 g/mol. The molecule has 1 atom stereocenters. The van der Waals surface area contributed by atoms with Gasteiger partial charge in [-0.25, -0.2) is 9.07 Å². The fourth-order valence-electron chi connectivity index (χ4n) is 2.42. The van der Waals surface area contributed by atoms with Crippen molar-refractivity contribution in [3.8, 4) is 0 Å². The number of hydrogen-bond acceptors (Lipinski definition) is 4. The lowest BCUT2D eigenvalue weighted by atomic mass is 10.1. The predicted octanol–water partition coefficient (Wildman–Crippen LogP) is 2.13. The third-order valence-electron chi connectivity index (χ3n) is 3.39. The molecule has 1 saturated heterocycles. The Morgan fingerprint density at radius 1 is 1.40 bits per heavy atom. The summed E-state index contributed by atoms with van der Waals surface area (Å²) in [5.41, 5.74) is 1.92. The van der Waals surface area contributed by atoms with E-state index in [2.05, 4.69) is 10.3 Å². The zero-order chi connectivity index (χ0) is 13.9. The lowest BCUT2D eigenvalue weighted by Gasteiger charge is -2.12. The van der Waals surface area contributed by atoms with Crippen molar-refractivity contribution >= 4 is 6.29 Å². The lowest BCUT2D eigenvalue weighted by Crippen LogP contribution is -2.11. The maximum atomic E-state index is 12.9. The van der Waals surface area contributed by atoms with Crippen LogP contribution in [0.1, 0.15) is 40.7 Å². The molecule has 0 saturated carbocycles. The maximum Gasteiger partial charge on any atom is 0.172 e. The van der Waals surface area contributed by atoms with Crippen LogP contribution in [0, 0.1) is 5.82 Å². The number of halogens is 1. The van der Waals surface area contributed by atoms with E-state index in [-0.39, 0.29) is 11.9 Å². The Morgan fingerprint density at radius 2 is 2.20 bits per heavy atom. The van der Waals surface area contributed by atoms with E-state index in [4.69, 9.17) is 4.74 Å². The van der Waals surface area contributed by atoms with E-state index in [0.29, 0.717) is 30.8 Å². The molecule has 104 valence electrons. The van der Waals surface area contributed by atoms with Crippen LogP contribution in [-0.4, -0.2) is 27.9 Å². The maximum absolute atomic E-state index is 12.9. The van der Waals surface area contributed by atoms with Crippen LogP contribution in [0.2, 0.25) is 0 Å². The second kappa shape index (κ2) is 5.50. The predicted molar refractivity (Wildman–Crippen MR) is 68.8 cm³/mol. The molecule has 0 N–H and O–H groups in total. The average molecular weight is 275 g/mol. The van der Waals surface area contributed by atoms with E-state index < -0.39 is 0 Å². The van der Waals surface area contributed by atoms with Crippen LogP contribution in [0.5, 0.6) is 0 Å². The quantitative estimate of drug-likeness (QED) is 0.802. The molecular weight excluding hydrogens is 261 g/mol. The van der Waals surface area contributed by atoms with Gasteiger partial charge in [-0.1, -0.05) is 17.3 Å². The Morgan fingerprint density at radius 3 is 2.85 bits per heavy atom. The minimum Gasteiger partial charge on any atom is -0.372 e. The molecule has 2 heterocycles.